The van der Waals surface area contributed by atoms with E-state index in [4.69, 9.17) is 5.73 Å². The van der Waals surface area contributed by atoms with Crippen LogP contribution >= 0.6 is 0 Å². The molecule has 4 rings (SSSR count). The fraction of sp³-hybridized carbons (Fsp3) is 0. The van der Waals surface area contributed by atoms with Gasteiger partial charge >= 0.3 is 0 Å². The molecule has 0 saturated heterocycles. The second-order valence-electron chi connectivity index (χ2n) is 6.26. The van der Waals surface area contributed by atoms with E-state index in [1.54, 1.807) is 6.07 Å². The summed E-state index contributed by atoms with van der Waals surface area (Å²) >= 11 is 0. The molecule has 5 heteroatoms. The Bertz CT molecular complexity index is 1160. The fourth-order valence-corrected chi connectivity index (χ4v) is 2.95. The lowest BCUT2D eigenvalue weighted by atomic mass is 10.1. The number of fused-ring (bicyclic) bond motifs is 1. The maximum atomic E-state index is 12.8. The molecule has 4 aromatic rings. The number of carbonyl (C=O) groups excluding carboxylic acids is 1. The van der Waals surface area contributed by atoms with E-state index < -0.39 is 0 Å². The SMILES string of the molecule is Nc1nc(/C=C/c2ccccc2)cc(C(=O)Nc2cccc3ccccc23)n1. The molecule has 0 aliphatic carbocycles. The zero-order valence-electron chi connectivity index (χ0n) is 15.0. The van der Waals surface area contributed by atoms with Gasteiger partial charge in [0, 0.05) is 11.1 Å². The fourth-order valence-electron chi connectivity index (χ4n) is 2.95. The van der Waals surface area contributed by atoms with Crippen LogP contribution in [0.4, 0.5) is 11.6 Å². The van der Waals surface area contributed by atoms with Gasteiger partial charge in [0.25, 0.3) is 5.91 Å². The predicted molar refractivity (Wildman–Crippen MR) is 114 cm³/mol. The van der Waals surface area contributed by atoms with Gasteiger partial charge in [-0.1, -0.05) is 72.8 Å². The summed E-state index contributed by atoms with van der Waals surface area (Å²) < 4.78 is 0. The largest absolute Gasteiger partial charge is 0.368 e. The van der Waals surface area contributed by atoms with E-state index in [1.165, 1.54) is 0 Å². The van der Waals surface area contributed by atoms with Crippen LogP contribution in [0.2, 0.25) is 0 Å². The summed E-state index contributed by atoms with van der Waals surface area (Å²) in [7, 11) is 0. The second-order valence-corrected chi connectivity index (χ2v) is 6.26. The number of nitrogens with zero attached hydrogens (tertiary/aromatic N) is 2. The number of carbonyl (C=O) groups is 1. The Hall–Kier alpha value is -3.99. The molecule has 0 radical (unpaired) electrons. The van der Waals surface area contributed by atoms with Gasteiger partial charge in [0.1, 0.15) is 5.69 Å². The van der Waals surface area contributed by atoms with Crippen molar-refractivity contribution in [1.82, 2.24) is 9.97 Å². The van der Waals surface area contributed by atoms with Crippen LogP contribution in [-0.4, -0.2) is 15.9 Å². The summed E-state index contributed by atoms with van der Waals surface area (Å²) in [6, 6.07) is 25.1. The maximum Gasteiger partial charge on any atom is 0.274 e. The van der Waals surface area contributed by atoms with E-state index in [0.717, 1.165) is 22.0 Å². The molecule has 1 amide bonds. The van der Waals surface area contributed by atoms with Crippen molar-refractivity contribution in [2.45, 2.75) is 0 Å². The number of hydrogen-bond donors (Lipinski definition) is 2. The van der Waals surface area contributed by atoms with Crippen LogP contribution in [0.5, 0.6) is 0 Å². The van der Waals surface area contributed by atoms with Gasteiger partial charge < -0.3 is 11.1 Å². The average molecular weight is 366 g/mol. The lowest BCUT2D eigenvalue weighted by Gasteiger charge is -2.09. The molecular formula is C23H18N4O. The van der Waals surface area contributed by atoms with Crippen LogP contribution in [0.3, 0.4) is 0 Å². The Balaban J connectivity index is 1.61. The number of aromatic nitrogens is 2. The third-order valence-corrected chi connectivity index (χ3v) is 4.28. The van der Waals surface area contributed by atoms with Crippen molar-refractivity contribution in [3.8, 4) is 0 Å². The van der Waals surface area contributed by atoms with E-state index in [1.807, 2.05) is 84.9 Å². The minimum atomic E-state index is -0.334. The third kappa shape index (κ3) is 3.88. The first-order valence-electron chi connectivity index (χ1n) is 8.86. The van der Waals surface area contributed by atoms with E-state index >= 15 is 0 Å². The Labute approximate surface area is 162 Å². The highest BCUT2D eigenvalue weighted by atomic mass is 16.1. The molecule has 0 atom stereocenters. The van der Waals surface area contributed by atoms with Crippen LogP contribution in [0.15, 0.2) is 78.9 Å². The van der Waals surface area contributed by atoms with E-state index in [2.05, 4.69) is 15.3 Å². The Morgan fingerprint density at radius 1 is 0.857 bits per heavy atom. The monoisotopic (exact) mass is 366 g/mol. The molecule has 0 bridgehead atoms. The van der Waals surface area contributed by atoms with Crippen LogP contribution < -0.4 is 11.1 Å². The van der Waals surface area contributed by atoms with Gasteiger partial charge in [-0.05, 0) is 29.2 Å². The summed E-state index contributed by atoms with van der Waals surface area (Å²) in [5.41, 5.74) is 8.35. The van der Waals surface area contributed by atoms with E-state index in [9.17, 15) is 4.79 Å². The minimum Gasteiger partial charge on any atom is -0.368 e. The van der Waals surface area contributed by atoms with Gasteiger partial charge in [0.2, 0.25) is 5.95 Å². The molecule has 28 heavy (non-hydrogen) atoms. The van der Waals surface area contributed by atoms with Crippen molar-refractivity contribution in [3.05, 3.63) is 95.8 Å². The molecule has 1 aromatic heterocycles. The zero-order valence-corrected chi connectivity index (χ0v) is 15.0. The lowest BCUT2D eigenvalue weighted by molar-refractivity contribution is 0.102. The van der Waals surface area contributed by atoms with Gasteiger partial charge in [-0.15, -0.1) is 0 Å². The van der Waals surface area contributed by atoms with Gasteiger partial charge in [0.15, 0.2) is 0 Å². The van der Waals surface area contributed by atoms with Crippen LogP contribution in [0.1, 0.15) is 21.7 Å². The second kappa shape index (κ2) is 7.72. The van der Waals surface area contributed by atoms with Crippen molar-refractivity contribution in [3.63, 3.8) is 0 Å². The number of anilines is 2. The molecule has 0 saturated carbocycles. The van der Waals surface area contributed by atoms with Crippen molar-refractivity contribution in [1.29, 1.82) is 0 Å². The predicted octanol–water partition coefficient (Wildman–Crippen LogP) is 4.63. The topological polar surface area (TPSA) is 80.9 Å². The Morgan fingerprint density at radius 3 is 2.46 bits per heavy atom. The maximum absolute atomic E-state index is 12.8. The summed E-state index contributed by atoms with van der Waals surface area (Å²) in [6.07, 6.45) is 3.72. The summed E-state index contributed by atoms with van der Waals surface area (Å²) in [5, 5.41) is 4.93. The van der Waals surface area contributed by atoms with Crippen LogP contribution in [0.25, 0.3) is 22.9 Å². The number of nitrogens with two attached hydrogens (primary N) is 1. The van der Waals surface area contributed by atoms with E-state index in [0.29, 0.717) is 5.69 Å². The zero-order chi connectivity index (χ0) is 19.3. The normalized spacial score (nSPS) is 11.0. The van der Waals surface area contributed by atoms with E-state index in [-0.39, 0.29) is 17.5 Å². The first-order valence-corrected chi connectivity index (χ1v) is 8.86. The third-order valence-electron chi connectivity index (χ3n) is 4.28. The van der Waals surface area contributed by atoms with Gasteiger partial charge in [-0.3, -0.25) is 4.79 Å². The molecule has 0 spiro atoms. The molecule has 0 aliphatic rings. The summed E-state index contributed by atoms with van der Waals surface area (Å²) in [5.74, 6) is -0.280. The molecule has 5 nitrogen and oxygen atoms in total. The number of rotatable bonds is 4. The molecule has 0 aliphatic heterocycles. The van der Waals surface area contributed by atoms with Crippen LogP contribution in [-0.2, 0) is 0 Å². The molecular weight excluding hydrogens is 348 g/mol. The van der Waals surface area contributed by atoms with Gasteiger partial charge in [0.05, 0.1) is 5.69 Å². The highest BCUT2D eigenvalue weighted by molar-refractivity contribution is 6.08. The highest BCUT2D eigenvalue weighted by Gasteiger charge is 2.12. The lowest BCUT2D eigenvalue weighted by Crippen LogP contribution is -2.15. The van der Waals surface area contributed by atoms with Crippen molar-refractivity contribution < 1.29 is 4.79 Å². The molecule has 136 valence electrons. The van der Waals surface area contributed by atoms with Gasteiger partial charge in [-0.2, -0.15) is 0 Å². The minimum absolute atomic E-state index is 0.0540. The Morgan fingerprint density at radius 2 is 1.61 bits per heavy atom. The number of amides is 1. The molecule has 0 fully saturated rings. The molecule has 3 N–H and O–H groups in total. The van der Waals surface area contributed by atoms with Crippen molar-refractivity contribution >= 4 is 40.5 Å². The number of nitrogens with one attached hydrogen (secondary N) is 1. The molecule has 3 aromatic carbocycles. The first kappa shape index (κ1) is 17.4. The first-order chi connectivity index (χ1) is 13.7. The van der Waals surface area contributed by atoms with Crippen LogP contribution in [0, 0.1) is 0 Å². The van der Waals surface area contributed by atoms with Gasteiger partial charge in [-0.25, -0.2) is 9.97 Å². The summed E-state index contributed by atoms with van der Waals surface area (Å²) in [6.45, 7) is 0. The average Bonchev–Trinajstić information content (AvgIpc) is 2.73. The summed E-state index contributed by atoms with van der Waals surface area (Å²) in [4.78, 5) is 21.0. The standard InChI is InChI=1S/C23H18N4O/c24-23-25-18(14-13-16-7-2-1-3-8-16)15-21(27-23)22(28)26-20-12-6-10-17-9-4-5-11-19(17)20/h1-15H,(H,26,28)(H2,24,25,27)/b14-13+. The smallest absolute Gasteiger partial charge is 0.274 e. The number of hydrogen-bond acceptors (Lipinski definition) is 4. The van der Waals surface area contributed by atoms with Crippen molar-refractivity contribution in [2.24, 2.45) is 0 Å². The van der Waals surface area contributed by atoms with Crippen molar-refractivity contribution in [2.75, 3.05) is 11.1 Å². The Kier molecular flexibility index (Phi) is 4.80. The quantitative estimate of drug-likeness (QED) is 0.551. The highest BCUT2D eigenvalue weighted by Crippen LogP contribution is 2.23. The number of benzene rings is 3. The number of nitrogen functional groups attached to an aromatic ring is 1. The molecule has 1 heterocycles. The molecule has 0 unspecified atom stereocenters.